The summed E-state index contributed by atoms with van der Waals surface area (Å²) < 4.78 is 13.2. The Kier molecular flexibility index (Phi) is 3.61. The summed E-state index contributed by atoms with van der Waals surface area (Å²) in [6.45, 7) is 0.685. The number of halogens is 1. The molecule has 1 amide bonds. The highest BCUT2D eigenvalue weighted by Gasteiger charge is 2.16. The average molecular weight is 236 g/mol. The van der Waals surface area contributed by atoms with Crippen LogP contribution in [-0.4, -0.2) is 12.5 Å². The minimum Gasteiger partial charge on any atom is -0.396 e. The number of rotatable bonds is 3. The molecule has 0 aliphatic heterocycles. The molecule has 92 valence electrons. The molecular formula is C13H17FN2O. The Hall–Kier alpha value is -1.58. The van der Waals surface area contributed by atoms with Crippen molar-refractivity contribution < 1.29 is 9.18 Å². The highest BCUT2D eigenvalue weighted by molar-refractivity contribution is 5.94. The molecule has 0 atom stereocenters. The molecule has 0 heterocycles. The van der Waals surface area contributed by atoms with Crippen LogP contribution >= 0.6 is 0 Å². The highest BCUT2D eigenvalue weighted by Crippen LogP contribution is 2.23. The fourth-order valence-corrected chi connectivity index (χ4v) is 2.22. The maximum atomic E-state index is 13.2. The van der Waals surface area contributed by atoms with E-state index in [2.05, 4.69) is 5.32 Å². The zero-order valence-corrected chi connectivity index (χ0v) is 9.71. The highest BCUT2D eigenvalue weighted by atomic mass is 19.1. The molecule has 0 aromatic heterocycles. The second-order valence-corrected chi connectivity index (χ2v) is 4.60. The van der Waals surface area contributed by atoms with Crippen molar-refractivity contribution in [1.29, 1.82) is 0 Å². The number of anilines is 1. The van der Waals surface area contributed by atoms with Crippen molar-refractivity contribution in [3.05, 3.63) is 29.6 Å². The molecule has 1 saturated carbocycles. The number of nitrogens with two attached hydrogens (primary N) is 1. The number of nitrogen functional groups attached to an aromatic ring is 1. The van der Waals surface area contributed by atoms with Crippen LogP contribution < -0.4 is 11.1 Å². The summed E-state index contributed by atoms with van der Waals surface area (Å²) in [7, 11) is 0. The molecule has 0 unspecified atom stereocenters. The third kappa shape index (κ3) is 2.96. The average Bonchev–Trinajstić information content (AvgIpc) is 2.82. The van der Waals surface area contributed by atoms with Gasteiger partial charge in [-0.05, 0) is 37.0 Å². The van der Waals surface area contributed by atoms with Crippen LogP contribution in [0.1, 0.15) is 36.0 Å². The number of nitrogens with one attached hydrogen (secondary N) is 1. The normalized spacial score (nSPS) is 16.1. The standard InChI is InChI=1S/C13H17FN2O/c14-11-7-10(5-6-12(11)15)13(17)16-8-9-3-1-2-4-9/h5-7,9H,1-4,8,15H2,(H,16,17). The summed E-state index contributed by atoms with van der Waals surface area (Å²) in [6, 6.07) is 4.14. The van der Waals surface area contributed by atoms with Gasteiger partial charge in [0.1, 0.15) is 5.82 Å². The maximum absolute atomic E-state index is 13.2. The van der Waals surface area contributed by atoms with Gasteiger partial charge in [0, 0.05) is 12.1 Å². The Morgan fingerprint density at radius 3 is 2.76 bits per heavy atom. The summed E-state index contributed by atoms with van der Waals surface area (Å²) >= 11 is 0. The number of benzene rings is 1. The zero-order valence-electron chi connectivity index (χ0n) is 9.71. The van der Waals surface area contributed by atoms with Gasteiger partial charge in [-0.1, -0.05) is 12.8 Å². The molecule has 17 heavy (non-hydrogen) atoms. The quantitative estimate of drug-likeness (QED) is 0.791. The van der Waals surface area contributed by atoms with Crippen molar-refractivity contribution in [2.45, 2.75) is 25.7 Å². The van der Waals surface area contributed by atoms with Crippen LogP contribution in [0.5, 0.6) is 0 Å². The van der Waals surface area contributed by atoms with E-state index < -0.39 is 5.82 Å². The predicted octanol–water partition coefficient (Wildman–Crippen LogP) is 2.33. The van der Waals surface area contributed by atoms with Crippen LogP contribution in [0.4, 0.5) is 10.1 Å². The second-order valence-electron chi connectivity index (χ2n) is 4.60. The fourth-order valence-electron chi connectivity index (χ4n) is 2.22. The lowest BCUT2D eigenvalue weighted by Gasteiger charge is -2.10. The van der Waals surface area contributed by atoms with E-state index in [1.54, 1.807) is 6.07 Å². The van der Waals surface area contributed by atoms with Crippen LogP contribution in [-0.2, 0) is 0 Å². The fraction of sp³-hybridized carbons (Fsp3) is 0.462. The zero-order chi connectivity index (χ0) is 12.3. The summed E-state index contributed by atoms with van der Waals surface area (Å²) in [5, 5.41) is 2.84. The van der Waals surface area contributed by atoms with Gasteiger partial charge in [0.05, 0.1) is 5.69 Å². The van der Waals surface area contributed by atoms with Gasteiger partial charge in [0.25, 0.3) is 5.91 Å². The molecule has 0 saturated heterocycles. The second kappa shape index (κ2) is 5.17. The van der Waals surface area contributed by atoms with Gasteiger partial charge >= 0.3 is 0 Å². The molecule has 0 bridgehead atoms. The van der Waals surface area contributed by atoms with Gasteiger partial charge in [-0.15, -0.1) is 0 Å². The largest absolute Gasteiger partial charge is 0.396 e. The first-order valence-corrected chi connectivity index (χ1v) is 6.00. The molecular weight excluding hydrogens is 219 g/mol. The van der Waals surface area contributed by atoms with Crippen LogP contribution in [0.2, 0.25) is 0 Å². The first kappa shape index (κ1) is 11.9. The van der Waals surface area contributed by atoms with Crippen LogP contribution in [0, 0.1) is 11.7 Å². The predicted molar refractivity (Wildman–Crippen MR) is 65.1 cm³/mol. The van der Waals surface area contributed by atoms with Crippen molar-refractivity contribution in [3.63, 3.8) is 0 Å². The summed E-state index contributed by atoms with van der Waals surface area (Å²) in [6.07, 6.45) is 4.85. The minimum atomic E-state index is -0.543. The van der Waals surface area contributed by atoms with E-state index >= 15 is 0 Å². The number of amides is 1. The summed E-state index contributed by atoms with van der Waals surface area (Å²) in [4.78, 5) is 11.7. The molecule has 2 rings (SSSR count). The minimum absolute atomic E-state index is 0.0670. The van der Waals surface area contributed by atoms with Gasteiger partial charge in [-0.25, -0.2) is 4.39 Å². The van der Waals surface area contributed by atoms with E-state index in [9.17, 15) is 9.18 Å². The lowest BCUT2D eigenvalue weighted by atomic mass is 10.1. The van der Waals surface area contributed by atoms with E-state index in [0.29, 0.717) is 18.0 Å². The Labute approximate surface area is 100 Å². The first-order chi connectivity index (χ1) is 8.16. The molecule has 1 aliphatic carbocycles. The SMILES string of the molecule is Nc1ccc(C(=O)NCC2CCCC2)cc1F. The van der Waals surface area contributed by atoms with Crippen molar-refractivity contribution in [2.24, 2.45) is 5.92 Å². The Morgan fingerprint density at radius 1 is 1.41 bits per heavy atom. The molecule has 1 aromatic carbocycles. The lowest BCUT2D eigenvalue weighted by molar-refractivity contribution is 0.0947. The molecule has 3 N–H and O–H groups in total. The van der Waals surface area contributed by atoms with E-state index in [1.165, 1.54) is 37.8 Å². The topological polar surface area (TPSA) is 55.1 Å². The van der Waals surface area contributed by atoms with E-state index in [-0.39, 0.29) is 11.6 Å². The number of hydrogen-bond donors (Lipinski definition) is 2. The lowest BCUT2D eigenvalue weighted by Crippen LogP contribution is -2.28. The van der Waals surface area contributed by atoms with Crippen molar-refractivity contribution >= 4 is 11.6 Å². The Balaban J connectivity index is 1.92. The molecule has 1 fully saturated rings. The van der Waals surface area contributed by atoms with Gasteiger partial charge in [-0.3, -0.25) is 4.79 Å². The van der Waals surface area contributed by atoms with Crippen LogP contribution in [0.15, 0.2) is 18.2 Å². The molecule has 3 nitrogen and oxygen atoms in total. The number of hydrogen-bond acceptors (Lipinski definition) is 2. The Morgan fingerprint density at radius 2 is 2.12 bits per heavy atom. The summed E-state index contributed by atoms with van der Waals surface area (Å²) in [5.74, 6) is -0.188. The third-order valence-electron chi connectivity index (χ3n) is 3.29. The molecule has 1 aromatic rings. The smallest absolute Gasteiger partial charge is 0.251 e. The van der Waals surface area contributed by atoms with Gasteiger partial charge in [-0.2, -0.15) is 0 Å². The summed E-state index contributed by atoms with van der Waals surface area (Å²) in [5.41, 5.74) is 5.75. The van der Waals surface area contributed by atoms with E-state index in [4.69, 9.17) is 5.73 Å². The van der Waals surface area contributed by atoms with Crippen LogP contribution in [0.25, 0.3) is 0 Å². The van der Waals surface area contributed by atoms with Crippen molar-refractivity contribution in [1.82, 2.24) is 5.32 Å². The van der Waals surface area contributed by atoms with Gasteiger partial charge in [0.2, 0.25) is 0 Å². The first-order valence-electron chi connectivity index (χ1n) is 6.00. The molecule has 0 spiro atoms. The molecule has 4 heteroatoms. The van der Waals surface area contributed by atoms with Crippen LogP contribution in [0.3, 0.4) is 0 Å². The van der Waals surface area contributed by atoms with Crippen molar-refractivity contribution in [3.8, 4) is 0 Å². The molecule has 0 radical (unpaired) electrons. The monoisotopic (exact) mass is 236 g/mol. The molecule has 1 aliphatic rings. The number of carbonyl (C=O) groups excluding carboxylic acids is 1. The maximum Gasteiger partial charge on any atom is 0.251 e. The van der Waals surface area contributed by atoms with Gasteiger partial charge < -0.3 is 11.1 Å². The number of carbonyl (C=O) groups is 1. The van der Waals surface area contributed by atoms with E-state index in [0.717, 1.165) is 0 Å². The Bertz CT molecular complexity index is 414. The van der Waals surface area contributed by atoms with E-state index in [1.807, 2.05) is 0 Å². The third-order valence-corrected chi connectivity index (χ3v) is 3.29. The van der Waals surface area contributed by atoms with Crippen molar-refractivity contribution in [2.75, 3.05) is 12.3 Å². The van der Waals surface area contributed by atoms with Gasteiger partial charge in [0.15, 0.2) is 0 Å².